The number of halogens is 2. The van der Waals surface area contributed by atoms with Gasteiger partial charge in [-0.2, -0.15) is 5.10 Å². The van der Waals surface area contributed by atoms with Crippen LogP contribution < -0.4 is 10.7 Å². The van der Waals surface area contributed by atoms with Crippen LogP contribution in [0.5, 0.6) is 5.75 Å². The Morgan fingerprint density at radius 2 is 1.96 bits per heavy atom. The maximum atomic E-state index is 11.8. The molecule has 0 fully saturated rings. The van der Waals surface area contributed by atoms with Gasteiger partial charge in [0.15, 0.2) is 0 Å². The summed E-state index contributed by atoms with van der Waals surface area (Å²) in [5, 5.41) is 16.2. The molecule has 0 bridgehead atoms. The van der Waals surface area contributed by atoms with E-state index >= 15 is 0 Å². The summed E-state index contributed by atoms with van der Waals surface area (Å²) < 4.78 is 0.738. The molecule has 0 aliphatic heterocycles. The molecule has 2 amide bonds. The maximum absolute atomic E-state index is 11.8. The molecule has 0 saturated carbocycles. The topological polar surface area (TPSA) is 90.8 Å². The summed E-state index contributed by atoms with van der Waals surface area (Å²) >= 11 is 9.21. The molecule has 0 heterocycles. The Balaban J connectivity index is 1.96. The van der Waals surface area contributed by atoms with Crippen LogP contribution in [0.25, 0.3) is 0 Å². The molecule has 0 aliphatic rings. The molecule has 2 rings (SSSR count). The number of amides is 2. The number of phenols is 1. The predicted molar refractivity (Wildman–Crippen MR) is 96.4 cm³/mol. The van der Waals surface area contributed by atoms with Crippen molar-refractivity contribution in [3.8, 4) is 5.75 Å². The Hall–Kier alpha value is -2.38. The molecule has 2 aromatic rings. The number of hydrogen-bond acceptors (Lipinski definition) is 4. The molecule has 8 heteroatoms. The van der Waals surface area contributed by atoms with Gasteiger partial charge in [-0.05, 0) is 42.8 Å². The molecule has 0 atom stereocenters. The van der Waals surface area contributed by atoms with Gasteiger partial charge in [0.05, 0.1) is 6.21 Å². The molecule has 0 unspecified atom stereocenters. The van der Waals surface area contributed by atoms with Crippen molar-refractivity contribution in [2.45, 2.75) is 6.92 Å². The highest BCUT2D eigenvalue weighted by Crippen LogP contribution is 2.20. The molecular weight excluding hydrogens is 398 g/mol. The Morgan fingerprint density at radius 1 is 1.21 bits per heavy atom. The summed E-state index contributed by atoms with van der Waals surface area (Å²) in [5.41, 5.74) is 3.73. The Morgan fingerprint density at radius 3 is 2.67 bits per heavy atom. The van der Waals surface area contributed by atoms with Crippen molar-refractivity contribution < 1.29 is 14.7 Å². The van der Waals surface area contributed by atoms with Crippen molar-refractivity contribution in [2.75, 3.05) is 5.32 Å². The molecule has 0 aromatic heterocycles. The standard InChI is InChI=1S/C16H13BrClN3O3/c1-9-2-4-12(7-13(9)18)20-15(23)16(24)21-19-8-10-6-11(17)3-5-14(10)22/h2-8,22H,1H3,(H,20,23)(H,21,24)/b19-8-. The fourth-order valence-electron chi connectivity index (χ4n) is 1.70. The maximum Gasteiger partial charge on any atom is 0.329 e. The van der Waals surface area contributed by atoms with E-state index in [-0.39, 0.29) is 5.75 Å². The van der Waals surface area contributed by atoms with E-state index in [1.807, 2.05) is 6.92 Å². The number of hydrazone groups is 1. The van der Waals surface area contributed by atoms with Crippen LogP contribution >= 0.6 is 27.5 Å². The molecule has 2 aromatic carbocycles. The third-order valence-electron chi connectivity index (χ3n) is 3.00. The van der Waals surface area contributed by atoms with Crippen LogP contribution in [0.2, 0.25) is 5.02 Å². The van der Waals surface area contributed by atoms with Gasteiger partial charge >= 0.3 is 11.8 Å². The zero-order valence-corrected chi connectivity index (χ0v) is 14.9. The minimum absolute atomic E-state index is 0.00468. The smallest absolute Gasteiger partial charge is 0.329 e. The number of carbonyl (C=O) groups excluding carboxylic acids is 2. The zero-order valence-electron chi connectivity index (χ0n) is 12.5. The van der Waals surface area contributed by atoms with Gasteiger partial charge in [0.2, 0.25) is 0 Å². The predicted octanol–water partition coefficient (Wildman–Crippen LogP) is 3.21. The lowest BCUT2D eigenvalue weighted by Crippen LogP contribution is -2.32. The van der Waals surface area contributed by atoms with Gasteiger partial charge in [-0.3, -0.25) is 9.59 Å². The van der Waals surface area contributed by atoms with Gasteiger partial charge < -0.3 is 10.4 Å². The summed E-state index contributed by atoms with van der Waals surface area (Å²) in [7, 11) is 0. The zero-order chi connectivity index (χ0) is 17.7. The fourth-order valence-corrected chi connectivity index (χ4v) is 2.26. The second-order valence-electron chi connectivity index (χ2n) is 4.82. The number of aromatic hydroxyl groups is 1. The van der Waals surface area contributed by atoms with E-state index in [2.05, 4.69) is 31.8 Å². The molecule has 124 valence electrons. The molecule has 0 aliphatic carbocycles. The Kier molecular flexibility index (Phi) is 5.94. The van der Waals surface area contributed by atoms with E-state index < -0.39 is 11.8 Å². The highest BCUT2D eigenvalue weighted by molar-refractivity contribution is 9.10. The van der Waals surface area contributed by atoms with Gasteiger partial charge in [-0.15, -0.1) is 0 Å². The first kappa shape index (κ1) is 18.0. The van der Waals surface area contributed by atoms with Crippen molar-refractivity contribution >= 4 is 51.2 Å². The number of rotatable bonds is 3. The fraction of sp³-hybridized carbons (Fsp3) is 0.0625. The van der Waals surface area contributed by atoms with Crippen LogP contribution in [0.1, 0.15) is 11.1 Å². The van der Waals surface area contributed by atoms with E-state index in [0.717, 1.165) is 10.0 Å². The highest BCUT2D eigenvalue weighted by Gasteiger charge is 2.13. The van der Waals surface area contributed by atoms with Crippen LogP contribution in [0, 0.1) is 6.92 Å². The lowest BCUT2D eigenvalue weighted by Gasteiger charge is -2.05. The van der Waals surface area contributed by atoms with Crippen LogP contribution in [-0.2, 0) is 9.59 Å². The first-order chi connectivity index (χ1) is 11.4. The minimum Gasteiger partial charge on any atom is -0.507 e. The minimum atomic E-state index is -0.947. The summed E-state index contributed by atoms with van der Waals surface area (Å²) in [6.45, 7) is 1.83. The van der Waals surface area contributed by atoms with Crippen LogP contribution in [0.3, 0.4) is 0 Å². The Labute approximate surface area is 151 Å². The molecule has 0 spiro atoms. The largest absolute Gasteiger partial charge is 0.507 e. The van der Waals surface area contributed by atoms with Crippen LogP contribution in [0.4, 0.5) is 5.69 Å². The summed E-state index contributed by atoms with van der Waals surface area (Å²) in [6.07, 6.45) is 1.23. The normalized spacial score (nSPS) is 10.6. The number of aryl methyl sites for hydroxylation is 1. The van der Waals surface area contributed by atoms with Gasteiger partial charge in [0.25, 0.3) is 0 Å². The lowest BCUT2D eigenvalue weighted by atomic mass is 10.2. The third kappa shape index (κ3) is 4.81. The number of benzene rings is 2. The van der Waals surface area contributed by atoms with Crippen molar-refractivity contribution in [1.29, 1.82) is 0 Å². The second-order valence-corrected chi connectivity index (χ2v) is 6.14. The van der Waals surface area contributed by atoms with Crippen molar-refractivity contribution in [3.63, 3.8) is 0 Å². The van der Waals surface area contributed by atoms with E-state index in [0.29, 0.717) is 16.3 Å². The first-order valence-corrected chi connectivity index (χ1v) is 7.93. The van der Waals surface area contributed by atoms with E-state index in [1.165, 1.54) is 12.3 Å². The quantitative estimate of drug-likeness (QED) is 0.412. The number of nitrogens with one attached hydrogen (secondary N) is 2. The molecule has 24 heavy (non-hydrogen) atoms. The number of phenolic OH excluding ortho intramolecular Hbond substituents is 1. The van der Waals surface area contributed by atoms with Crippen molar-refractivity contribution in [3.05, 3.63) is 57.0 Å². The lowest BCUT2D eigenvalue weighted by molar-refractivity contribution is -0.136. The molecule has 0 radical (unpaired) electrons. The van der Waals surface area contributed by atoms with Crippen LogP contribution in [-0.4, -0.2) is 23.1 Å². The monoisotopic (exact) mass is 409 g/mol. The van der Waals surface area contributed by atoms with Gasteiger partial charge in [-0.25, -0.2) is 5.43 Å². The summed E-state index contributed by atoms with van der Waals surface area (Å²) in [6, 6.07) is 9.65. The van der Waals surface area contributed by atoms with Gasteiger partial charge in [0.1, 0.15) is 5.75 Å². The van der Waals surface area contributed by atoms with Crippen molar-refractivity contribution in [1.82, 2.24) is 5.43 Å². The van der Waals surface area contributed by atoms with E-state index in [4.69, 9.17) is 11.6 Å². The third-order valence-corrected chi connectivity index (χ3v) is 3.90. The molecular formula is C16H13BrClN3O3. The summed E-state index contributed by atoms with van der Waals surface area (Å²) in [5.74, 6) is -1.84. The van der Waals surface area contributed by atoms with Gasteiger partial charge in [0, 0.05) is 20.7 Å². The molecule has 0 saturated heterocycles. The number of hydrogen-bond donors (Lipinski definition) is 3. The Bertz CT molecular complexity index is 824. The van der Waals surface area contributed by atoms with Crippen molar-refractivity contribution in [2.24, 2.45) is 5.10 Å². The van der Waals surface area contributed by atoms with Gasteiger partial charge in [-0.1, -0.05) is 33.6 Å². The average molecular weight is 411 g/mol. The number of nitrogens with zero attached hydrogens (tertiary/aromatic N) is 1. The first-order valence-electron chi connectivity index (χ1n) is 6.76. The second kappa shape index (κ2) is 7.94. The summed E-state index contributed by atoms with van der Waals surface area (Å²) in [4.78, 5) is 23.5. The average Bonchev–Trinajstić information content (AvgIpc) is 2.54. The molecule has 3 N–H and O–H groups in total. The number of anilines is 1. The molecule has 6 nitrogen and oxygen atoms in total. The SMILES string of the molecule is Cc1ccc(NC(=O)C(=O)N/N=C\c2cc(Br)ccc2O)cc1Cl. The van der Waals surface area contributed by atoms with Crippen LogP contribution in [0.15, 0.2) is 46.0 Å². The highest BCUT2D eigenvalue weighted by atomic mass is 79.9. The van der Waals surface area contributed by atoms with E-state index in [9.17, 15) is 14.7 Å². The van der Waals surface area contributed by atoms with E-state index in [1.54, 1.807) is 30.3 Å². The number of carbonyl (C=O) groups is 2.